The van der Waals surface area contributed by atoms with E-state index in [0.717, 1.165) is 47.7 Å². The molecule has 1 N–H and O–H groups in total. The van der Waals surface area contributed by atoms with Crippen molar-refractivity contribution in [2.75, 3.05) is 23.3 Å². The Bertz CT molecular complexity index is 1460. The summed E-state index contributed by atoms with van der Waals surface area (Å²) in [6.45, 7) is 4.27. The molecule has 0 spiro atoms. The van der Waals surface area contributed by atoms with Crippen LogP contribution >= 0.6 is 31.9 Å². The van der Waals surface area contributed by atoms with Crippen molar-refractivity contribution in [1.29, 1.82) is 0 Å². The van der Waals surface area contributed by atoms with E-state index in [-0.39, 0.29) is 5.56 Å². The Morgan fingerprint density at radius 2 is 1.86 bits per heavy atom. The number of amides is 1. The molecule has 0 radical (unpaired) electrons. The highest BCUT2D eigenvalue weighted by atomic mass is 79.9. The van der Waals surface area contributed by atoms with Gasteiger partial charge in [-0.15, -0.1) is 10.2 Å². The molecular weight excluding hydrogens is 576 g/mol. The lowest BCUT2D eigenvalue weighted by Crippen LogP contribution is -2.33. The highest BCUT2D eigenvalue weighted by Crippen LogP contribution is 2.29. The van der Waals surface area contributed by atoms with Crippen molar-refractivity contribution in [2.45, 2.75) is 19.8 Å². The average Bonchev–Trinajstić information content (AvgIpc) is 2.85. The molecule has 178 valence electrons. The second-order valence-corrected chi connectivity index (χ2v) is 10.5. The van der Waals surface area contributed by atoms with Gasteiger partial charge in [-0.25, -0.2) is 4.79 Å². The Hall–Kier alpha value is -3.04. The molecule has 0 atom stereocenters. The highest BCUT2D eigenvalue weighted by molar-refractivity contribution is 9.11. The number of rotatable bonds is 4. The SMILES string of the molecule is CC1CCN(c2ccc(-c3cccc(NC(=O)c4cc5cc(Br)cc(Br)c5oc4=O)c3)nn2)CC1. The van der Waals surface area contributed by atoms with Crippen molar-refractivity contribution in [2.24, 2.45) is 5.92 Å². The molecule has 0 saturated carbocycles. The molecule has 1 aliphatic rings. The summed E-state index contributed by atoms with van der Waals surface area (Å²) in [5.41, 5.74) is 1.66. The Morgan fingerprint density at radius 1 is 1.06 bits per heavy atom. The van der Waals surface area contributed by atoms with Crippen molar-refractivity contribution in [1.82, 2.24) is 10.2 Å². The summed E-state index contributed by atoms with van der Waals surface area (Å²) >= 11 is 6.79. The van der Waals surface area contributed by atoms with Crippen LogP contribution in [0.25, 0.3) is 22.2 Å². The summed E-state index contributed by atoms with van der Waals surface area (Å²) in [6, 6.07) is 16.3. The van der Waals surface area contributed by atoms with Gasteiger partial charge in [-0.3, -0.25) is 4.79 Å². The van der Waals surface area contributed by atoms with Crippen LogP contribution in [-0.4, -0.2) is 29.2 Å². The van der Waals surface area contributed by atoms with Crippen LogP contribution in [0.15, 0.2) is 72.8 Å². The lowest BCUT2D eigenvalue weighted by atomic mass is 9.99. The molecule has 2 aromatic heterocycles. The molecule has 0 aliphatic carbocycles. The normalized spacial score (nSPS) is 14.3. The number of anilines is 2. The maximum atomic E-state index is 12.9. The van der Waals surface area contributed by atoms with E-state index in [1.54, 1.807) is 24.3 Å². The zero-order valence-electron chi connectivity index (χ0n) is 18.9. The Morgan fingerprint density at radius 3 is 2.60 bits per heavy atom. The first-order valence-corrected chi connectivity index (χ1v) is 12.9. The molecule has 7 nitrogen and oxygen atoms in total. The molecule has 0 bridgehead atoms. The fourth-order valence-electron chi connectivity index (χ4n) is 4.16. The van der Waals surface area contributed by atoms with E-state index in [2.05, 4.69) is 59.2 Å². The minimum atomic E-state index is -0.706. The Kier molecular flexibility index (Phi) is 6.71. The molecule has 1 fully saturated rings. The number of carbonyl (C=O) groups excluding carboxylic acids is 1. The summed E-state index contributed by atoms with van der Waals surface area (Å²) in [6.07, 6.45) is 2.32. The third kappa shape index (κ3) is 5.16. The average molecular weight is 598 g/mol. The van der Waals surface area contributed by atoms with E-state index in [0.29, 0.717) is 26.8 Å². The maximum Gasteiger partial charge on any atom is 0.349 e. The number of nitrogens with zero attached hydrogens (tertiary/aromatic N) is 3. The first kappa shape index (κ1) is 23.7. The van der Waals surface area contributed by atoms with Crippen molar-refractivity contribution in [3.05, 3.63) is 79.5 Å². The van der Waals surface area contributed by atoms with Gasteiger partial charge in [0, 0.05) is 34.2 Å². The lowest BCUT2D eigenvalue weighted by molar-refractivity contribution is 0.102. The predicted octanol–water partition coefficient (Wildman–Crippen LogP) is 6.26. The summed E-state index contributed by atoms with van der Waals surface area (Å²) < 4.78 is 6.81. The minimum absolute atomic E-state index is 0.0760. The van der Waals surface area contributed by atoms with E-state index in [1.165, 1.54) is 6.07 Å². The third-order valence-electron chi connectivity index (χ3n) is 6.17. The molecule has 3 heterocycles. The highest BCUT2D eigenvalue weighted by Gasteiger charge is 2.18. The lowest BCUT2D eigenvalue weighted by Gasteiger charge is -2.30. The molecule has 1 amide bonds. The van der Waals surface area contributed by atoms with Gasteiger partial charge in [-0.05, 0) is 77.2 Å². The fraction of sp³-hybridized carbons (Fsp3) is 0.231. The number of fused-ring (bicyclic) bond motifs is 1. The van der Waals surface area contributed by atoms with E-state index >= 15 is 0 Å². The topological polar surface area (TPSA) is 88.3 Å². The summed E-state index contributed by atoms with van der Waals surface area (Å²) in [5.74, 6) is 1.09. The molecule has 9 heteroatoms. The number of carbonyl (C=O) groups is 1. The van der Waals surface area contributed by atoms with Gasteiger partial charge in [0.15, 0.2) is 11.4 Å². The number of nitrogens with one attached hydrogen (secondary N) is 1. The zero-order valence-corrected chi connectivity index (χ0v) is 22.1. The molecule has 4 aromatic rings. The van der Waals surface area contributed by atoms with Crippen molar-refractivity contribution in [3.63, 3.8) is 0 Å². The van der Waals surface area contributed by atoms with E-state index in [1.807, 2.05) is 24.3 Å². The van der Waals surface area contributed by atoms with Crippen LogP contribution in [0, 0.1) is 5.92 Å². The number of hydrogen-bond acceptors (Lipinski definition) is 6. The number of aromatic nitrogens is 2. The minimum Gasteiger partial charge on any atom is -0.421 e. The quantitative estimate of drug-likeness (QED) is 0.279. The van der Waals surface area contributed by atoms with Gasteiger partial charge < -0.3 is 14.6 Å². The molecule has 1 saturated heterocycles. The molecule has 1 aliphatic heterocycles. The smallest absolute Gasteiger partial charge is 0.349 e. The number of benzene rings is 2. The van der Waals surface area contributed by atoms with E-state index in [9.17, 15) is 9.59 Å². The summed E-state index contributed by atoms with van der Waals surface area (Å²) in [4.78, 5) is 27.7. The fourth-order valence-corrected chi connectivity index (χ4v) is 5.49. The molecule has 35 heavy (non-hydrogen) atoms. The summed E-state index contributed by atoms with van der Waals surface area (Å²) in [7, 11) is 0. The maximum absolute atomic E-state index is 12.9. The standard InChI is InChI=1S/C26H22Br2N4O3/c1-15-7-9-32(10-8-15)23-6-5-22(30-31-23)16-3-2-4-19(12-16)29-25(33)20-13-17-11-18(27)14-21(28)24(17)35-26(20)34/h2-6,11-15H,7-10H2,1H3,(H,29,33). The first-order valence-electron chi connectivity index (χ1n) is 11.3. The molecule has 5 rings (SSSR count). The number of piperidine rings is 1. The number of hydrogen-bond donors (Lipinski definition) is 1. The van der Waals surface area contributed by atoms with Gasteiger partial charge in [0.05, 0.1) is 10.2 Å². The van der Waals surface area contributed by atoms with Crippen LogP contribution in [0.3, 0.4) is 0 Å². The zero-order chi connectivity index (χ0) is 24.5. The van der Waals surface area contributed by atoms with Crippen molar-refractivity contribution < 1.29 is 9.21 Å². The van der Waals surface area contributed by atoms with Gasteiger partial charge in [0.1, 0.15) is 5.56 Å². The van der Waals surface area contributed by atoms with Crippen LogP contribution in [0.5, 0.6) is 0 Å². The monoisotopic (exact) mass is 596 g/mol. The van der Waals surface area contributed by atoms with Crippen LogP contribution in [0.4, 0.5) is 11.5 Å². The van der Waals surface area contributed by atoms with Gasteiger partial charge in [0.25, 0.3) is 5.91 Å². The Balaban J connectivity index is 1.35. The van der Waals surface area contributed by atoms with Gasteiger partial charge in [0.2, 0.25) is 0 Å². The van der Waals surface area contributed by atoms with E-state index in [4.69, 9.17) is 4.42 Å². The second kappa shape index (κ2) is 9.91. The van der Waals surface area contributed by atoms with Gasteiger partial charge in [-0.1, -0.05) is 35.0 Å². The summed E-state index contributed by atoms with van der Waals surface area (Å²) in [5, 5.41) is 12.3. The van der Waals surface area contributed by atoms with Crippen LogP contribution in [-0.2, 0) is 0 Å². The largest absolute Gasteiger partial charge is 0.421 e. The molecular formula is C26H22Br2N4O3. The van der Waals surface area contributed by atoms with Crippen LogP contribution < -0.4 is 15.8 Å². The Labute approximate surface area is 218 Å². The van der Waals surface area contributed by atoms with E-state index < -0.39 is 11.5 Å². The second-order valence-electron chi connectivity index (χ2n) is 8.73. The first-order chi connectivity index (χ1) is 16.9. The van der Waals surface area contributed by atoms with Crippen molar-refractivity contribution >= 4 is 60.2 Å². The molecule has 0 unspecified atom stereocenters. The number of halogens is 2. The van der Waals surface area contributed by atoms with Gasteiger partial charge in [-0.2, -0.15) is 0 Å². The molecule has 2 aromatic carbocycles. The van der Waals surface area contributed by atoms with Crippen molar-refractivity contribution in [3.8, 4) is 11.3 Å². The van der Waals surface area contributed by atoms with Crippen LogP contribution in [0.2, 0.25) is 0 Å². The predicted molar refractivity (Wildman–Crippen MR) is 144 cm³/mol. The van der Waals surface area contributed by atoms with Gasteiger partial charge >= 0.3 is 5.63 Å². The van der Waals surface area contributed by atoms with Crippen LogP contribution in [0.1, 0.15) is 30.1 Å². The third-order valence-corrected chi connectivity index (χ3v) is 7.22.